The Bertz CT molecular complexity index is 310. The summed E-state index contributed by atoms with van der Waals surface area (Å²) in [7, 11) is 1.43. The molecular weight excluding hydrogens is 179 g/mol. The van der Waals surface area contributed by atoms with Gasteiger partial charge < -0.3 is 14.6 Å². The van der Waals surface area contributed by atoms with E-state index < -0.39 is 5.97 Å². The van der Waals surface area contributed by atoms with Crippen molar-refractivity contribution in [3.8, 4) is 5.75 Å². The fourth-order valence-electron chi connectivity index (χ4n) is 1.07. The average Bonchev–Trinajstić information content (AvgIpc) is 2.03. The molecule has 0 aliphatic carbocycles. The number of carbonyl (C=O) groups excluding carboxylic acids is 1. The van der Waals surface area contributed by atoms with Crippen LogP contribution < -0.4 is 39.4 Å². The smallest absolute Gasteiger partial charge is 0.545 e. The minimum absolute atomic E-state index is 0. The van der Waals surface area contributed by atoms with Crippen molar-refractivity contribution in [3.05, 3.63) is 29.3 Å². The summed E-state index contributed by atoms with van der Waals surface area (Å²) >= 11 is 0. The number of methoxy groups -OCH3 is 1. The quantitative estimate of drug-likeness (QED) is 0.477. The van der Waals surface area contributed by atoms with E-state index in [1.807, 2.05) is 0 Å². The van der Waals surface area contributed by atoms with Crippen LogP contribution in [0.1, 0.15) is 15.9 Å². The van der Waals surface area contributed by atoms with E-state index in [0.717, 1.165) is 0 Å². The maximum absolute atomic E-state index is 10.6. The number of carbonyl (C=O) groups is 1. The molecule has 64 valence electrons. The van der Waals surface area contributed by atoms with E-state index in [9.17, 15) is 9.90 Å². The van der Waals surface area contributed by atoms with Gasteiger partial charge in [0.05, 0.1) is 13.1 Å². The van der Waals surface area contributed by atoms with Crippen LogP contribution in [0.25, 0.3) is 0 Å². The van der Waals surface area contributed by atoms with Crippen molar-refractivity contribution >= 4 is 5.97 Å². The average molecular weight is 188 g/mol. The van der Waals surface area contributed by atoms with E-state index in [1.54, 1.807) is 25.1 Å². The van der Waals surface area contributed by atoms with Gasteiger partial charge in [-0.25, -0.2) is 0 Å². The molecule has 0 amide bonds. The topological polar surface area (TPSA) is 49.4 Å². The van der Waals surface area contributed by atoms with Crippen molar-refractivity contribution in [2.75, 3.05) is 7.11 Å². The number of ether oxygens (including phenoxy) is 1. The maximum Gasteiger partial charge on any atom is 1.00 e. The third kappa shape index (κ3) is 2.72. The molecule has 0 N–H and O–H groups in total. The molecule has 1 aromatic rings. The molecule has 0 bridgehead atoms. The van der Waals surface area contributed by atoms with E-state index in [1.165, 1.54) is 7.11 Å². The molecule has 3 nitrogen and oxygen atoms in total. The molecule has 0 aliphatic heterocycles. The van der Waals surface area contributed by atoms with Gasteiger partial charge in [-0.2, -0.15) is 0 Å². The molecule has 0 saturated heterocycles. The number of aromatic carboxylic acids is 1. The number of carboxylic acid groups (broad SMARTS) is 1. The number of hydrogen-bond acceptors (Lipinski definition) is 3. The number of carboxylic acids is 1. The first-order valence-electron chi connectivity index (χ1n) is 3.51. The van der Waals surface area contributed by atoms with E-state index in [2.05, 4.69) is 0 Å². The third-order valence-corrected chi connectivity index (χ3v) is 1.66. The van der Waals surface area contributed by atoms with Gasteiger partial charge >= 0.3 is 29.6 Å². The second-order valence-electron chi connectivity index (χ2n) is 2.44. The Kier molecular flexibility index (Phi) is 5.06. The zero-order valence-electron chi connectivity index (χ0n) is 7.96. The SMILES string of the molecule is COc1cccc(C)c1C(=O)[O-].[Na+]. The van der Waals surface area contributed by atoms with Gasteiger partial charge in [-0.1, -0.05) is 12.1 Å². The van der Waals surface area contributed by atoms with E-state index in [4.69, 9.17) is 4.74 Å². The van der Waals surface area contributed by atoms with Crippen LogP contribution in [0.3, 0.4) is 0 Å². The first-order chi connectivity index (χ1) is 5.66. The van der Waals surface area contributed by atoms with Crippen LogP contribution in [0.2, 0.25) is 0 Å². The van der Waals surface area contributed by atoms with Gasteiger partial charge in [0, 0.05) is 5.56 Å². The summed E-state index contributed by atoms with van der Waals surface area (Å²) in [6.07, 6.45) is 0. The van der Waals surface area contributed by atoms with Crippen molar-refractivity contribution in [1.29, 1.82) is 0 Å². The van der Waals surface area contributed by atoms with Crippen molar-refractivity contribution in [3.63, 3.8) is 0 Å². The molecule has 0 atom stereocenters. The molecule has 0 spiro atoms. The predicted molar refractivity (Wildman–Crippen MR) is 42.1 cm³/mol. The minimum Gasteiger partial charge on any atom is -0.545 e. The van der Waals surface area contributed by atoms with Gasteiger partial charge in [-0.05, 0) is 18.6 Å². The Morgan fingerprint density at radius 1 is 1.46 bits per heavy atom. The number of aryl methyl sites for hydroxylation is 1. The fraction of sp³-hybridized carbons (Fsp3) is 0.222. The Morgan fingerprint density at radius 2 is 2.08 bits per heavy atom. The van der Waals surface area contributed by atoms with E-state index >= 15 is 0 Å². The van der Waals surface area contributed by atoms with Crippen molar-refractivity contribution < 1.29 is 44.2 Å². The predicted octanol–water partition coefficient (Wildman–Crippen LogP) is -2.63. The molecule has 0 saturated carbocycles. The monoisotopic (exact) mass is 188 g/mol. The van der Waals surface area contributed by atoms with Crippen molar-refractivity contribution in [2.24, 2.45) is 0 Å². The third-order valence-electron chi connectivity index (χ3n) is 1.66. The Morgan fingerprint density at radius 3 is 2.46 bits per heavy atom. The van der Waals surface area contributed by atoms with Crippen LogP contribution in [0, 0.1) is 6.92 Å². The standard InChI is InChI=1S/C9H10O3.Na/c1-6-4-3-5-7(12-2)8(6)9(10)11;/h3-5H,1-2H3,(H,10,11);/q;+1/p-1. The first-order valence-corrected chi connectivity index (χ1v) is 3.51. The summed E-state index contributed by atoms with van der Waals surface area (Å²) in [6.45, 7) is 1.70. The number of benzene rings is 1. The molecule has 0 aliphatic rings. The van der Waals surface area contributed by atoms with E-state index in [0.29, 0.717) is 11.3 Å². The molecular formula is C9H9NaO3. The Hall–Kier alpha value is -0.510. The van der Waals surface area contributed by atoms with Crippen LogP contribution in [-0.2, 0) is 0 Å². The van der Waals surface area contributed by atoms with Crippen LogP contribution in [0.15, 0.2) is 18.2 Å². The summed E-state index contributed by atoms with van der Waals surface area (Å²) in [5, 5.41) is 10.6. The van der Waals surface area contributed by atoms with Crippen LogP contribution in [-0.4, -0.2) is 13.1 Å². The van der Waals surface area contributed by atoms with Crippen LogP contribution in [0.5, 0.6) is 5.75 Å². The van der Waals surface area contributed by atoms with Crippen molar-refractivity contribution in [1.82, 2.24) is 0 Å². The van der Waals surface area contributed by atoms with Gasteiger partial charge in [0.25, 0.3) is 0 Å². The molecule has 0 radical (unpaired) electrons. The second-order valence-corrected chi connectivity index (χ2v) is 2.44. The van der Waals surface area contributed by atoms with Crippen molar-refractivity contribution in [2.45, 2.75) is 6.92 Å². The van der Waals surface area contributed by atoms with Gasteiger partial charge in [-0.15, -0.1) is 0 Å². The molecule has 4 heteroatoms. The van der Waals surface area contributed by atoms with Crippen LogP contribution >= 0.6 is 0 Å². The molecule has 0 heterocycles. The van der Waals surface area contributed by atoms with E-state index in [-0.39, 0.29) is 35.1 Å². The summed E-state index contributed by atoms with van der Waals surface area (Å²) in [6, 6.07) is 5.03. The molecule has 13 heavy (non-hydrogen) atoms. The Labute approximate surface area is 99.0 Å². The number of hydrogen-bond donors (Lipinski definition) is 0. The van der Waals surface area contributed by atoms with Gasteiger partial charge in [0.15, 0.2) is 0 Å². The maximum atomic E-state index is 10.6. The van der Waals surface area contributed by atoms with Gasteiger partial charge in [0.2, 0.25) is 0 Å². The molecule has 1 aromatic carbocycles. The summed E-state index contributed by atoms with van der Waals surface area (Å²) in [4.78, 5) is 10.6. The zero-order chi connectivity index (χ0) is 9.14. The number of rotatable bonds is 2. The molecule has 1 rings (SSSR count). The zero-order valence-corrected chi connectivity index (χ0v) is 9.96. The Balaban J connectivity index is 0.00000144. The largest absolute Gasteiger partial charge is 1.00 e. The summed E-state index contributed by atoms with van der Waals surface area (Å²) in [5.41, 5.74) is 0.773. The van der Waals surface area contributed by atoms with Gasteiger partial charge in [-0.3, -0.25) is 0 Å². The fourth-order valence-corrected chi connectivity index (χ4v) is 1.07. The molecule has 0 aromatic heterocycles. The second kappa shape index (κ2) is 5.27. The van der Waals surface area contributed by atoms with Gasteiger partial charge in [0.1, 0.15) is 5.75 Å². The first kappa shape index (κ1) is 12.5. The molecule has 0 fully saturated rings. The normalized spacial score (nSPS) is 8.77. The summed E-state index contributed by atoms with van der Waals surface area (Å²) in [5.74, 6) is -0.861. The van der Waals surface area contributed by atoms with Crippen LogP contribution in [0.4, 0.5) is 0 Å². The molecule has 0 unspecified atom stereocenters. The minimum atomic E-state index is -1.20. The summed E-state index contributed by atoms with van der Waals surface area (Å²) < 4.78 is 4.87.